The first-order chi connectivity index (χ1) is 9.00. The Morgan fingerprint density at radius 2 is 2.05 bits per heavy atom. The molecular formula is C16H23NO2. The van der Waals surface area contributed by atoms with Crippen LogP contribution >= 0.6 is 0 Å². The van der Waals surface area contributed by atoms with Gasteiger partial charge in [-0.2, -0.15) is 0 Å². The van der Waals surface area contributed by atoms with E-state index in [2.05, 4.69) is 29.2 Å². The van der Waals surface area contributed by atoms with Gasteiger partial charge in [0.25, 0.3) is 0 Å². The van der Waals surface area contributed by atoms with Crippen LogP contribution in [0.1, 0.15) is 32.3 Å². The van der Waals surface area contributed by atoms with Crippen LogP contribution in [0.25, 0.3) is 0 Å². The van der Waals surface area contributed by atoms with Gasteiger partial charge in [-0.3, -0.25) is 9.69 Å². The van der Waals surface area contributed by atoms with Crippen molar-refractivity contribution in [3.8, 4) is 0 Å². The monoisotopic (exact) mass is 261 g/mol. The fraction of sp³-hybridized carbons (Fsp3) is 0.562. The van der Waals surface area contributed by atoms with Crippen LogP contribution in [0, 0.1) is 11.3 Å². The van der Waals surface area contributed by atoms with Crippen molar-refractivity contribution in [3.63, 3.8) is 0 Å². The summed E-state index contributed by atoms with van der Waals surface area (Å²) in [6, 6.07) is 10.4. The number of benzene rings is 1. The highest BCUT2D eigenvalue weighted by Gasteiger charge is 2.38. The summed E-state index contributed by atoms with van der Waals surface area (Å²) in [7, 11) is 0. The Morgan fingerprint density at radius 3 is 2.68 bits per heavy atom. The summed E-state index contributed by atoms with van der Waals surface area (Å²) in [6.45, 7) is 6.58. The van der Waals surface area contributed by atoms with Gasteiger partial charge in [0.1, 0.15) is 0 Å². The number of carboxylic acids is 1. The van der Waals surface area contributed by atoms with Crippen LogP contribution < -0.4 is 0 Å². The van der Waals surface area contributed by atoms with E-state index in [1.807, 2.05) is 19.9 Å². The molecule has 0 aliphatic carbocycles. The van der Waals surface area contributed by atoms with Gasteiger partial charge in [-0.05, 0) is 44.7 Å². The van der Waals surface area contributed by atoms with E-state index in [1.54, 1.807) is 0 Å². The third-order valence-corrected chi connectivity index (χ3v) is 4.33. The molecule has 0 aromatic heterocycles. The van der Waals surface area contributed by atoms with Crippen molar-refractivity contribution in [2.45, 2.75) is 33.2 Å². The Bertz CT molecular complexity index is 428. The third-order valence-electron chi connectivity index (χ3n) is 4.33. The smallest absolute Gasteiger partial charge is 0.309 e. The van der Waals surface area contributed by atoms with Gasteiger partial charge in [0.15, 0.2) is 0 Å². The van der Waals surface area contributed by atoms with Crippen molar-refractivity contribution in [2.24, 2.45) is 11.3 Å². The highest BCUT2D eigenvalue weighted by atomic mass is 16.4. The van der Waals surface area contributed by atoms with Crippen LogP contribution in [-0.2, 0) is 11.3 Å². The molecule has 1 atom stereocenters. The SMILES string of the molecule is CC(C)(C(=O)O)C1CCCN(Cc2ccccc2)C1. The molecule has 1 saturated heterocycles. The number of hydrogen-bond acceptors (Lipinski definition) is 2. The summed E-state index contributed by atoms with van der Waals surface area (Å²) in [6.07, 6.45) is 2.11. The fourth-order valence-corrected chi connectivity index (χ4v) is 2.80. The Balaban J connectivity index is 2.00. The van der Waals surface area contributed by atoms with Crippen molar-refractivity contribution < 1.29 is 9.90 Å². The van der Waals surface area contributed by atoms with Crippen molar-refractivity contribution in [1.82, 2.24) is 4.90 Å². The van der Waals surface area contributed by atoms with Crippen LogP contribution in [0.4, 0.5) is 0 Å². The van der Waals surface area contributed by atoms with Crippen LogP contribution in [0.2, 0.25) is 0 Å². The maximum absolute atomic E-state index is 11.4. The van der Waals surface area contributed by atoms with Gasteiger partial charge in [0, 0.05) is 13.1 Å². The van der Waals surface area contributed by atoms with Gasteiger partial charge in [0.2, 0.25) is 0 Å². The van der Waals surface area contributed by atoms with E-state index in [4.69, 9.17) is 0 Å². The fourth-order valence-electron chi connectivity index (χ4n) is 2.80. The van der Waals surface area contributed by atoms with E-state index in [9.17, 15) is 9.90 Å². The number of likely N-dealkylation sites (tertiary alicyclic amines) is 1. The zero-order chi connectivity index (χ0) is 13.9. The summed E-state index contributed by atoms with van der Waals surface area (Å²) in [5, 5.41) is 9.35. The number of aliphatic carboxylic acids is 1. The molecule has 1 aliphatic heterocycles. The molecule has 1 unspecified atom stereocenters. The highest BCUT2D eigenvalue weighted by molar-refractivity contribution is 5.74. The maximum Gasteiger partial charge on any atom is 0.309 e. The van der Waals surface area contributed by atoms with Crippen molar-refractivity contribution in [3.05, 3.63) is 35.9 Å². The third kappa shape index (κ3) is 3.35. The molecular weight excluding hydrogens is 238 g/mol. The van der Waals surface area contributed by atoms with E-state index in [0.29, 0.717) is 0 Å². The van der Waals surface area contributed by atoms with Gasteiger partial charge < -0.3 is 5.11 Å². The van der Waals surface area contributed by atoms with Gasteiger partial charge in [-0.25, -0.2) is 0 Å². The summed E-state index contributed by atoms with van der Waals surface area (Å²) >= 11 is 0. The molecule has 1 fully saturated rings. The van der Waals surface area contributed by atoms with Crippen LogP contribution in [0.3, 0.4) is 0 Å². The molecule has 1 aromatic carbocycles. The number of nitrogens with zero attached hydrogens (tertiary/aromatic N) is 1. The topological polar surface area (TPSA) is 40.5 Å². The first-order valence-electron chi connectivity index (χ1n) is 7.00. The Morgan fingerprint density at radius 1 is 1.37 bits per heavy atom. The van der Waals surface area contributed by atoms with Crippen LogP contribution in [-0.4, -0.2) is 29.1 Å². The molecule has 0 radical (unpaired) electrons. The normalized spacial score (nSPS) is 21.3. The van der Waals surface area contributed by atoms with Gasteiger partial charge in [0.05, 0.1) is 5.41 Å². The summed E-state index contributed by atoms with van der Waals surface area (Å²) in [4.78, 5) is 13.7. The molecule has 104 valence electrons. The molecule has 2 rings (SSSR count). The Kier molecular flexibility index (Phi) is 4.25. The van der Waals surface area contributed by atoms with E-state index in [1.165, 1.54) is 5.56 Å². The summed E-state index contributed by atoms with van der Waals surface area (Å²) in [5.74, 6) is -0.443. The second-order valence-electron chi connectivity index (χ2n) is 6.09. The quantitative estimate of drug-likeness (QED) is 0.905. The Labute approximate surface area is 115 Å². The second kappa shape index (κ2) is 5.74. The lowest BCUT2D eigenvalue weighted by atomic mass is 9.74. The lowest BCUT2D eigenvalue weighted by Crippen LogP contribution is -2.44. The molecule has 0 amide bonds. The number of piperidine rings is 1. The van der Waals surface area contributed by atoms with E-state index >= 15 is 0 Å². The number of rotatable bonds is 4. The van der Waals surface area contributed by atoms with Gasteiger partial charge in [-0.15, -0.1) is 0 Å². The average Bonchev–Trinajstić information content (AvgIpc) is 2.40. The van der Waals surface area contributed by atoms with E-state index in [-0.39, 0.29) is 5.92 Å². The lowest BCUT2D eigenvalue weighted by Gasteiger charge is -2.39. The Hall–Kier alpha value is -1.35. The predicted octanol–water partition coefficient (Wildman–Crippen LogP) is 3.01. The maximum atomic E-state index is 11.4. The van der Waals surface area contributed by atoms with E-state index in [0.717, 1.165) is 32.5 Å². The largest absolute Gasteiger partial charge is 0.481 e. The minimum Gasteiger partial charge on any atom is -0.481 e. The number of hydrogen-bond donors (Lipinski definition) is 1. The van der Waals surface area contributed by atoms with Crippen molar-refractivity contribution >= 4 is 5.97 Å². The van der Waals surface area contributed by atoms with Crippen LogP contribution in [0.5, 0.6) is 0 Å². The molecule has 3 heteroatoms. The van der Waals surface area contributed by atoms with Gasteiger partial charge >= 0.3 is 5.97 Å². The predicted molar refractivity (Wildman–Crippen MR) is 75.9 cm³/mol. The first kappa shape index (κ1) is 14.1. The van der Waals surface area contributed by atoms with E-state index < -0.39 is 11.4 Å². The molecule has 3 nitrogen and oxygen atoms in total. The zero-order valence-corrected chi connectivity index (χ0v) is 11.8. The molecule has 0 spiro atoms. The first-order valence-corrected chi connectivity index (χ1v) is 7.00. The average molecular weight is 261 g/mol. The van der Waals surface area contributed by atoms with Crippen molar-refractivity contribution in [1.29, 1.82) is 0 Å². The highest BCUT2D eigenvalue weighted by Crippen LogP contribution is 2.34. The molecule has 0 bridgehead atoms. The lowest BCUT2D eigenvalue weighted by molar-refractivity contribution is -0.151. The molecule has 1 N–H and O–H groups in total. The van der Waals surface area contributed by atoms with Crippen molar-refractivity contribution in [2.75, 3.05) is 13.1 Å². The number of carbonyl (C=O) groups is 1. The van der Waals surface area contributed by atoms with Gasteiger partial charge in [-0.1, -0.05) is 30.3 Å². The molecule has 19 heavy (non-hydrogen) atoms. The minimum atomic E-state index is -0.681. The molecule has 1 aromatic rings. The summed E-state index contributed by atoms with van der Waals surface area (Å²) in [5.41, 5.74) is 0.673. The molecule has 0 saturated carbocycles. The molecule has 1 heterocycles. The standard InChI is InChI=1S/C16H23NO2/c1-16(2,15(18)19)14-9-6-10-17(12-14)11-13-7-4-3-5-8-13/h3-5,7-8,14H,6,9-12H2,1-2H3,(H,18,19). The second-order valence-corrected chi connectivity index (χ2v) is 6.09. The minimum absolute atomic E-state index is 0.238. The zero-order valence-electron chi connectivity index (χ0n) is 11.8. The van der Waals surface area contributed by atoms with Crippen LogP contribution in [0.15, 0.2) is 30.3 Å². The summed E-state index contributed by atoms with van der Waals surface area (Å²) < 4.78 is 0. The number of carboxylic acid groups (broad SMARTS) is 1. The molecule has 1 aliphatic rings.